The van der Waals surface area contributed by atoms with E-state index in [-0.39, 0.29) is 16.6 Å². The molecule has 0 atom stereocenters. The number of nitrogens with one attached hydrogen (secondary N) is 2. The van der Waals surface area contributed by atoms with Crippen molar-refractivity contribution in [1.29, 1.82) is 0 Å². The van der Waals surface area contributed by atoms with Gasteiger partial charge in [0.15, 0.2) is 0 Å². The highest BCUT2D eigenvalue weighted by Crippen LogP contribution is 2.42. The van der Waals surface area contributed by atoms with Crippen LogP contribution in [0.2, 0.25) is 0 Å². The number of aromatic hydroxyl groups is 1. The molecule has 7 aromatic rings. The van der Waals surface area contributed by atoms with Crippen molar-refractivity contribution in [3.05, 3.63) is 114 Å². The molecule has 5 nitrogen and oxygen atoms in total. The van der Waals surface area contributed by atoms with E-state index in [1.807, 2.05) is 36.7 Å². The smallest absolute Gasteiger partial charge is 0.134 e. The molecule has 0 radical (unpaired) electrons. The van der Waals surface area contributed by atoms with Gasteiger partial charge in [-0.25, -0.2) is 9.97 Å². The van der Waals surface area contributed by atoms with Crippen LogP contribution in [0, 0.1) is 6.92 Å². The first-order chi connectivity index (χ1) is 21.9. The summed E-state index contributed by atoms with van der Waals surface area (Å²) in [5.41, 5.74) is 12.4. The van der Waals surface area contributed by atoms with Crippen molar-refractivity contribution >= 4 is 21.8 Å². The van der Waals surface area contributed by atoms with Crippen LogP contribution in [0.3, 0.4) is 0 Å². The highest BCUT2D eigenvalue weighted by molar-refractivity contribution is 6.04. The van der Waals surface area contributed by atoms with E-state index in [2.05, 4.69) is 119 Å². The number of hydrogen-bond acceptors (Lipinski definition) is 3. The minimum Gasteiger partial charge on any atom is -0.507 e. The van der Waals surface area contributed by atoms with E-state index in [1.54, 1.807) is 0 Å². The molecule has 3 aromatic carbocycles. The van der Waals surface area contributed by atoms with E-state index >= 15 is 0 Å². The maximum atomic E-state index is 11.6. The first-order valence-corrected chi connectivity index (χ1v) is 15.9. The van der Waals surface area contributed by atoms with Gasteiger partial charge in [0.1, 0.15) is 5.75 Å². The van der Waals surface area contributed by atoms with Gasteiger partial charge in [-0.3, -0.25) is 0 Å². The van der Waals surface area contributed by atoms with Crippen molar-refractivity contribution < 1.29 is 5.11 Å². The Bertz CT molecular complexity index is 2070. The van der Waals surface area contributed by atoms with E-state index in [1.165, 1.54) is 16.7 Å². The average Bonchev–Trinajstić information content (AvgIpc) is 3.75. The normalized spacial score (nSPS) is 12.3. The van der Waals surface area contributed by atoms with Crippen LogP contribution in [0.4, 0.5) is 0 Å². The first kappa shape index (κ1) is 29.5. The molecule has 4 aromatic heterocycles. The number of benzene rings is 3. The van der Waals surface area contributed by atoms with E-state index in [9.17, 15) is 5.11 Å². The van der Waals surface area contributed by atoms with Crippen molar-refractivity contribution in [2.45, 2.75) is 59.3 Å². The van der Waals surface area contributed by atoms with Gasteiger partial charge in [0.05, 0.1) is 22.4 Å². The van der Waals surface area contributed by atoms with Gasteiger partial charge in [-0.05, 0) is 95.1 Å². The van der Waals surface area contributed by atoms with E-state index in [0.29, 0.717) is 11.3 Å². The SMILES string of the molecule is Cc1c(-c2ccc3ccc4ccc(-c5cc(C(C)(C)C)cc(-c6ccc[nH]6)c5O)nc4c3n2)cc(C(C)(C)C)cc1-c1ccc[nH]1. The number of phenolic OH excluding ortho intramolecular Hbond substituents is 1. The van der Waals surface area contributed by atoms with Crippen LogP contribution in [0.25, 0.3) is 66.8 Å². The molecule has 0 aliphatic heterocycles. The van der Waals surface area contributed by atoms with Gasteiger partial charge < -0.3 is 15.1 Å². The fourth-order valence-electron chi connectivity index (χ4n) is 6.22. The number of pyridine rings is 2. The Balaban J connectivity index is 1.45. The molecular weight excluding hydrogens is 564 g/mol. The number of rotatable bonds is 4. The highest BCUT2D eigenvalue weighted by atomic mass is 16.3. The van der Waals surface area contributed by atoms with E-state index < -0.39 is 0 Å². The largest absolute Gasteiger partial charge is 0.507 e. The third-order valence-electron chi connectivity index (χ3n) is 9.10. The van der Waals surface area contributed by atoms with Crippen LogP contribution < -0.4 is 0 Å². The summed E-state index contributed by atoms with van der Waals surface area (Å²) >= 11 is 0. The quantitative estimate of drug-likeness (QED) is 0.175. The maximum absolute atomic E-state index is 11.6. The lowest BCUT2D eigenvalue weighted by molar-refractivity contribution is 0.478. The van der Waals surface area contributed by atoms with Gasteiger partial charge in [-0.1, -0.05) is 65.8 Å². The molecule has 0 saturated heterocycles. The number of H-pyrrole nitrogens is 2. The molecule has 4 heterocycles. The summed E-state index contributed by atoms with van der Waals surface area (Å²) in [4.78, 5) is 17.2. The number of aromatic amines is 2. The Morgan fingerprint density at radius 2 is 0.978 bits per heavy atom. The monoisotopic (exact) mass is 604 g/mol. The number of hydrogen-bond donors (Lipinski definition) is 3. The third kappa shape index (κ3) is 5.16. The van der Waals surface area contributed by atoms with Crippen LogP contribution in [0.15, 0.2) is 97.3 Å². The minimum atomic E-state index is -0.123. The van der Waals surface area contributed by atoms with E-state index in [4.69, 9.17) is 9.97 Å². The Morgan fingerprint density at radius 3 is 1.48 bits per heavy atom. The average molecular weight is 605 g/mol. The molecule has 46 heavy (non-hydrogen) atoms. The van der Waals surface area contributed by atoms with Gasteiger partial charge in [0.2, 0.25) is 0 Å². The van der Waals surface area contributed by atoms with E-state index in [0.717, 1.165) is 55.6 Å². The molecule has 0 fully saturated rings. The molecule has 7 rings (SSSR count). The summed E-state index contributed by atoms with van der Waals surface area (Å²) in [6, 6.07) is 29.4. The lowest BCUT2D eigenvalue weighted by atomic mass is 9.82. The first-order valence-electron chi connectivity index (χ1n) is 15.9. The molecule has 5 heteroatoms. The highest BCUT2D eigenvalue weighted by Gasteiger charge is 2.23. The zero-order valence-electron chi connectivity index (χ0n) is 27.6. The van der Waals surface area contributed by atoms with Crippen LogP contribution in [0.1, 0.15) is 58.2 Å². The van der Waals surface area contributed by atoms with Crippen molar-refractivity contribution in [2.75, 3.05) is 0 Å². The molecule has 0 aliphatic carbocycles. The van der Waals surface area contributed by atoms with Crippen LogP contribution in [-0.4, -0.2) is 25.0 Å². The molecule has 0 spiro atoms. The Kier molecular flexibility index (Phi) is 6.89. The third-order valence-corrected chi connectivity index (χ3v) is 9.10. The van der Waals surface area contributed by atoms with Gasteiger partial charge in [-0.2, -0.15) is 0 Å². The topological polar surface area (TPSA) is 77.6 Å². The summed E-state index contributed by atoms with van der Waals surface area (Å²) in [5.74, 6) is 0.211. The number of fused-ring (bicyclic) bond motifs is 3. The summed E-state index contributed by atoms with van der Waals surface area (Å²) < 4.78 is 0. The summed E-state index contributed by atoms with van der Waals surface area (Å²) in [6.45, 7) is 15.5. The zero-order chi connectivity index (χ0) is 32.4. The number of phenols is 1. The van der Waals surface area contributed by atoms with Crippen LogP contribution >= 0.6 is 0 Å². The van der Waals surface area contributed by atoms with Gasteiger partial charge in [-0.15, -0.1) is 0 Å². The number of aromatic nitrogens is 4. The maximum Gasteiger partial charge on any atom is 0.134 e. The fourth-order valence-corrected chi connectivity index (χ4v) is 6.22. The van der Waals surface area contributed by atoms with Gasteiger partial charge in [0, 0.05) is 56.8 Å². The molecule has 0 amide bonds. The van der Waals surface area contributed by atoms with Crippen molar-refractivity contribution in [2.24, 2.45) is 0 Å². The summed E-state index contributed by atoms with van der Waals surface area (Å²) in [5, 5.41) is 13.7. The standard InChI is InChI=1S/C41H40N4O/c1-24-29(33-10-8-18-42-33)20-27(40(2,3)4)21-30(24)35-16-14-25-12-13-26-15-17-36(45-38(26)37(25)44-35)32-23-28(41(5,6)7)22-31(39(32)46)34-11-9-19-43-34/h8-23,42-43,46H,1-7H3. The lowest BCUT2D eigenvalue weighted by Gasteiger charge is -2.23. The molecule has 0 unspecified atom stereocenters. The molecule has 0 bridgehead atoms. The second-order valence-corrected chi connectivity index (χ2v) is 14.4. The number of nitrogens with zero attached hydrogens (tertiary/aromatic N) is 2. The van der Waals surface area contributed by atoms with Gasteiger partial charge in [0.25, 0.3) is 0 Å². The zero-order valence-corrected chi connectivity index (χ0v) is 27.6. The van der Waals surface area contributed by atoms with Crippen molar-refractivity contribution in [3.8, 4) is 50.8 Å². The molecule has 3 N–H and O–H groups in total. The molecule has 230 valence electrons. The minimum absolute atomic E-state index is 0.0353. The lowest BCUT2D eigenvalue weighted by Crippen LogP contribution is -2.12. The summed E-state index contributed by atoms with van der Waals surface area (Å²) in [7, 11) is 0. The Labute approximate surface area is 270 Å². The Hall–Kier alpha value is -5.16. The van der Waals surface area contributed by atoms with Crippen LogP contribution in [-0.2, 0) is 10.8 Å². The molecule has 0 aliphatic rings. The molecular formula is C41H40N4O. The van der Waals surface area contributed by atoms with Crippen molar-refractivity contribution in [3.63, 3.8) is 0 Å². The molecule has 0 saturated carbocycles. The predicted molar refractivity (Wildman–Crippen MR) is 191 cm³/mol. The second kappa shape index (κ2) is 10.7. The van der Waals surface area contributed by atoms with Crippen LogP contribution in [0.5, 0.6) is 5.75 Å². The van der Waals surface area contributed by atoms with Gasteiger partial charge >= 0.3 is 0 Å². The predicted octanol–water partition coefficient (Wildman–Crippen LogP) is 10.7. The summed E-state index contributed by atoms with van der Waals surface area (Å²) in [6.07, 6.45) is 3.85. The van der Waals surface area contributed by atoms with Crippen molar-refractivity contribution in [1.82, 2.24) is 19.9 Å². The Morgan fingerprint density at radius 1 is 0.543 bits per heavy atom. The second-order valence-electron chi connectivity index (χ2n) is 14.4. The fraction of sp³-hybridized carbons (Fsp3) is 0.220.